The summed E-state index contributed by atoms with van der Waals surface area (Å²) in [5.74, 6) is -0.757. The summed E-state index contributed by atoms with van der Waals surface area (Å²) >= 11 is 5.82. The third-order valence-electron chi connectivity index (χ3n) is 3.77. The van der Waals surface area contributed by atoms with Gasteiger partial charge >= 0.3 is 0 Å². The van der Waals surface area contributed by atoms with Crippen molar-refractivity contribution >= 4 is 23.2 Å². The second kappa shape index (κ2) is 7.93. The first kappa shape index (κ1) is 17.8. The first-order valence-corrected chi connectivity index (χ1v) is 8.23. The number of ether oxygens (including phenoxy) is 1. The van der Waals surface area contributed by atoms with Crippen molar-refractivity contribution in [2.45, 2.75) is 0 Å². The monoisotopic (exact) mass is 368 g/mol. The van der Waals surface area contributed by atoms with E-state index in [1.165, 1.54) is 18.2 Å². The molecule has 0 aromatic heterocycles. The molecule has 3 rings (SSSR count). The minimum Gasteiger partial charge on any atom is -0.485 e. The molecule has 26 heavy (non-hydrogen) atoms. The van der Waals surface area contributed by atoms with Gasteiger partial charge in [-0.05, 0) is 60.7 Å². The summed E-state index contributed by atoms with van der Waals surface area (Å²) in [6.45, 7) is -0.286. The molecule has 0 heterocycles. The summed E-state index contributed by atoms with van der Waals surface area (Å²) in [6.07, 6.45) is 0. The molecule has 0 amide bonds. The Labute approximate surface area is 155 Å². The second-order valence-corrected chi connectivity index (χ2v) is 5.99. The summed E-state index contributed by atoms with van der Waals surface area (Å²) < 4.78 is 19.0. The lowest BCUT2D eigenvalue weighted by atomic mass is 10.0. The van der Waals surface area contributed by atoms with Crippen LogP contribution in [0.3, 0.4) is 0 Å². The van der Waals surface area contributed by atoms with Crippen LogP contribution in [0, 0.1) is 5.82 Å². The smallest absolute Gasteiger partial charge is 0.203 e. The van der Waals surface area contributed by atoms with Crippen molar-refractivity contribution in [3.63, 3.8) is 0 Å². The van der Waals surface area contributed by atoms with E-state index in [4.69, 9.17) is 16.3 Å². The molecule has 130 valence electrons. The maximum absolute atomic E-state index is 13.6. The van der Waals surface area contributed by atoms with Crippen LogP contribution in [0.2, 0.25) is 5.02 Å². The summed E-state index contributed by atoms with van der Waals surface area (Å²) in [5, 5.41) is 0.560. The van der Waals surface area contributed by atoms with Crippen molar-refractivity contribution < 1.29 is 18.7 Å². The van der Waals surface area contributed by atoms with Gasteiger partial charge in [0.05, 0.1) is 5.56 Å². The first-order valence-electron chi connectivity index (χ1n) is 7.85. The van der Waals surface area contributed by atoms with Crippen molar-refractivity contribution in [1.29, 1.82) is 0 Å². The molecule has 5 heteroatoms. The SMILES string of the molecule is O=C(c1ccc(Cl)cc1)c1ccc(OCC(=O)c2ccccc2F)cc1. The molecule has 0 aliphatic rings. The van der Waals surface area contributed by atoms with E-state index >= 15 is 0 Å². The molecule has 3 aromatic carbocycles. The highest BCUT2D eigenvalue weighted by Crippen LogP contribution is 2.18. The molecule has 0 radical (unpaired) electrons. The highest BCUT2D eigenvalue weighted by molar-refractivity contribution is 6.30. The van der Waals surface area contributed by atoms with Crippen LogP contribution in [0.5, 0.6) is 5.75 Å². The molecule has 0 atom stereocenters. The van der Waals surface area contributed by atoms with E-state index in [-0.39, 0.29) is 18.0 Å². The van der Waals surface area contributed by atoms with Gasteiger partial charge in [0.25, 0.3) is 0 Å². The fourth-order valence-electron chi connectivity index (χ4n) is 2.38. The lowest BCUT2D eigenvalue weighted by molar-refractivity contribution is 0.0916. The highest BCUT2D eigenvalue weighted by Gasteiger charge is 2.12. The second-order valence-electron chi connectivity index (χ2n) is 5.55. The molecule has 0 saturated heterocycles. The third-order valence-corrected chi connectivity index (χ3v) is 4.02. The number of hydrogen-bond acceptors (Lipinski definition) is 3. The maximum atomic E-state index is 13.6. The largest absolute Gasteiger partial charge is 0.485 e. The molecule has 0 fully saturated rings. The van der Waals surface area contributed by atoms with Crippen molar-refractivity contribution in [3.05, 3.63) is 100 Å². The van der Waals surface area contributed by atoms with E-state index in [2.05, 4.69) is 0 Å². The minimum absolute atomic E-state index is 0.0120. The lowest BCUT2D eigenvalue weighted by Crippen LogP contribution is -2.13. The highest BCUT2D eigenvalue weighted by atomic mass is 35.5. The van der Waals surface area contributed by atoms with Gasteiger partial charge in [-0.25, -0.2) is 4.39 Å². The number of rotatable bonds is 6. The molecular formula is C21H14ClFO3. The maximum Gasteiger partial charge on any atom is 0.203 e. The quantitative estimate of drug-likeness (QED) is 0.577. The normalized spacial score (nSPS) is 10.4. The number of benzene rings is 3. The van der Waals surface area contributed by atoms with E-state index in [0.717, 1.165) is 0 Å². The van der Waals surface area contributed by atoms with Crippen molar-refractivity contribution in [2.75, 3.05) is 6.61 Å². The Morgan fingerprint density at radius 1 is 0.846 bits per heavy atom. The zero-order valence-corrected chi connectivity index (χ0v) is 14.4. The molecule has 3 aromatic rings. The van der Waals surface area contributed by atoms with Gasteiger partial charge in [-0.1, -0.05) is 23.7 Å². The van der Waals surface area contributed by atoms with Crippen LogP contribution < -0.4 is 4.74 Å². The zero-order chi connectivity index (χ0) is 18.5. The van der Waals surface area contributed by atoms with E-state index in [1.807, 2.05) is 0 Å². The van der Waals surface area contributed by atoms with Crippen molar-refractivity contribution in [2.24, 2.45) is 0 Å². The summed E-state index contributed by atoms with van der Waals surface area (Å²) in [5.41, 5.74) is 1.000. The average Bonchev–Trinajstić information content (AvgIpc) is 2.67. The van der Waals surface area contributed by atoms with Gasteiger partial charge in [-0.15, -0.1) is 0 Å². The predicted molar refractivity (Wildman–Crippen MR) is 97.6 cm³/mol. The Morgan fingerprint density at radius 2 is 1.42 bits per heavy atom. The van der Waals surface area contributed by atoms with E-state index in [9.17, 15) is 14.0 Å². The predicted octanol–water partition coefficient (Wildman–Crippen LogP) is 4.97. The molecule has 0 bridgehead atoms. The Kier molecular flexibility index (Phi) is 5.44. The molecule has 0 N–H and O–H groups in total. The number of halogens is 2. The van der Waals surface area contributed by atoms with Crippen LogP contribution in [0.15, 0.2) is 72.8 Å². The molecule has 0 saturated carbocycles. The van der Waals surface area contributed by atoms with Crippen LogP contribution in [-0.2, 0) is 0 Å². The average molecular weight is 369 g/mol. The van der Waals surface area contributed by atoms with Gasteiger partial charge in [0.15, 0.2) is 12.4 Å². The number of hydrogen-bond donors (Lipinski definition) is 0. The van der Waals surface area contributed by atoms with E-state index in [0.29, 0.717) is 21.9 Å². The van der Waals surface area contributed by atoms with Gasteiger partial charge in [-0.2, -0.15) is 0 Å². The van der Waals surface area contributed by atoms with Crippen molar-refractivity contribution in [1.82, 2.24) is 0 Å². The van der Waals surface area contributed by atoms with Crippen LogP contribution >= 0.6 is 11.6 Å². The summed E-state index contributed by atoms with van der Waals surface area (Å²) in [4.78, 5) is 24.4. The van der Waals surface area contributed by atoms with Gasteiger partial charge in [0.2, 0.25) is 5.78 Å². The van der Waals surface area contributed by atoms with Gasteiger partial charge in [0.1, 0.15) is 11.6 Å². The summed E-state index contributed by atoms with van der Waals surface area (Å²) in [6, 6.07) is 18.8. The van der Waals surface area contributed by atoms with E-state index in [1.54, 1.807) is 54.6 Å². The third kappa shape index (κ3) is 4.16. The Hall–Kier alpha value is -2.98. The van der Waals surface area contributed by atoms with Gasteiger partial charge in [0, 0.05) is 16.1 Å². The Balaban J connectivity index is 1.64. The Morgan fingerprint density at radius 3 is 2.04 bits per heavy atom. The number of carbonyl (C=O) groups excluding carboxylic acids is 2. The minimum atomic E-state index is -0.579. The number of carbonyl (C=O) groups is 2. The molecular weight excluding hydrogens is 355 g/mol. The standard InChI is InChI=1S/C21H14ClFO3/c22-16-9-5-14(6-10-16)21(25)15-7-11-17(12-8-15)26-13-20(24)18-3-1-2-4-19(18)23/h1-12H,13H2. The van der Waals surface area contributed by atoms with Crippen LogP contribution in [0.25, 0.3) is 0 Å². The fourth-order valence-corrected chi connectivity index (χ4v) is 2.51. The summed E-state index contributed by atoms with van der Waals surface area (Å²) in [7, 11) is 0. The van der Waals surface area contributed by atoms with Gasteiger partial charge in [-0.3, -0.25) is 9.59 Å². The van der Waals surface area contributed by atoms with Crippen LogP contribution in [-0.4, -0.2) is 18.2 Å². The number of Topliss-reactive ketones (excluding diaryl/α,β-unsaturated/α-hetero) is 1. The van der Waals surface area contributed by atoms with Crippen molar-refractivity contribution in [3.8, 4) is 5.75 Å². The lowest BCUT2D eigenvalue weighted by Gasteiger charge is -2.07. The zero-order valence-electron chi connectivity index (χ0n) is 13.6. The first-order chi connectivity index (χ1) is 12.5. The Bertz CT molecular complexity index is 934. The topological polar surface area (TPSA) is 43.4 Å². The molecule has 0 spiro atoms. The van der Waals surface area contributed by atoms with Crippen LogP contribution in [0.1, 0.15) is 26.3 Å². The molecule has 0 aliphatic heterocycles. The fraction of sp³-hybridized carbons (Fsp3) is 0.0476. The molecule has 3 nitrogen and oxygen atoms in total. The molecule has 0 unspecified atom stereocenters. The van der Waals surface area contributed by atoms with Crippen LogP contribution in [0.4, 0.5) is 4.39 Å². The van der Waals surface area contributed by atoms with E-state index < -0.39 is 11.6 Å². The molecule has 0 aliphatic carbocycles. The number of ketones is 2. The van der Waals surface area contributed by atoms with Gasteiger partial charge < -0.3 is 4.74 Å².